The first-order chi connectivity index (χ1) is 6.07. The van der Waals surface area contributed by atoms with Gasteiger partial charge in [0.05, 0.1) is 0 Å². The highest BCUT2D eigenvalue weighted by atomic mass is 16.6. The van der Waals surface area contributed by atoms with Crippen molar-refractivity contribution < 1.29 is 9.85 Å². The van der Waals surface area contributed by atoms with Gasteiger partial charge in [0.1, 0.15) is 0 Å². The Balaban J connectivity index is 4.73. The fourth-order valence-electron chi connectivity index (χ4n) is 1.60. The van der Waals surface area contributed by atoms with Crippen molar-refractivity contribution in [2.75, 3.05) is 6.54 Å². The summed E-state index contributed by atoms with van der Waals surface area (Å²) in [5.74, 6) is 0. The second kappa shape index (κ2) is 3.89. The van der Waals surface area contributed by atoms with Gasteiger partial charge in [-0.05, 0) is 5.41 Å². The summed E-state index contributed by atoms with van der Waals surface area (Å²) in [4.78, 5) is 19.9. The lowest BCUT2D eigenvalue weighted by Crippen LogP contribution is -2.44. The fraction of sp³-hybridized carbons (Fsp3) is 1.00. The van der Waals surface area contributed by atoms with Gasteiger partial charge in [-0.2, -0.15) is 0 Å². The van der Waals surface area contributed by atoms with Crippen molar-refractivity contribution in [3.63, 3.8) is 0 Å². The molecular weight excluding hydrogens is 188 g/mol. The van der Waals surface area contributed by atoms with Crippen LogP contribution >= 0.6 is 0 Å². The predicted octanol–water partition coefficient (Wildman–Crippen LogP) is 1.73. The molecule has 0 bridgehead atoms. The second-order valence-corrected chi connectivity index (χ2v) is 4.98. The minimum absolute atomic E-state index is 0.188. The molecule has 0 aromatic rings. The summed E-state index contributed by atoms with van der Waals surface area (Å²) in [5, 5.41) is 21.0. The Kier molecular flexibility index (Phi) is 3.56. The van der Waals surface area contributed by atoms with E-state index in [1.165, 1.54) is 6.92 Å². The summed E-state index contributed by atoms with van der Waals surface area (Å²) in [7, 11) is 0. The topological polar surface area (TPSA) is 86.3 Å². The van der Waals surface area contributed by atoms with Gasteiger partial charge < -0.3 is 0 Å². The lowest BCUT2D eigenvalue weighted by molar-refractivity contribution is -0.625. The molecule has 0 amide bonds. The molecule has 0 saturated carbocycles. The molecule has 6 heteroatoms. The molecule has 82 valence electrons. The van der Waals surface area contributed by atoms with Crippen LogP contribution in [0.25, 0.3) is 0 Å². The number of nitro groups is 2. The number of nitrogens with zero attached hydrogens (tertiary/aromatic N) is 2. The third kappa shape index (κ3) is 4.15. The molecule has 0 rings (SSSR count). The second-order valence-electron chi connectivity index (χ2n) is 4.98. The molecular formula is C8H16N2O4. The predicted molar refractivity (Wildman–Crippen MR) is 51.3 cm³/mol. The average molecular weight is 204 g/mol. The van der Waals surface area contributed by atoms with Gasteiger partial charge in [0.25, 0.3) is 12.1 Å². The van der Waals surface area contributed by atoms with Crippen LogP contribution in [-0.2, 0) is 0 Å². The standard InChI is InChI=1S/C8H16N2O4/c1-7(2,3)5-8(4,10(13)14)6-9(11)12/h5-6H2,1-4H3. The van der Waals surface area contributed by atoms with E-state index in [0.29, 0.717) is 0 Å². The zero-order valence-electron chi connectivity index (χ0n) is 8.94. The van der Waals surface area contributed by atoms with Gasteiger partial charge in [0.2, 0.25) is 0 Å². The Morgan fingerprint density at radius 1 is 1.07 bits per heavy atom. The van der Waals surface area contributed by atoms with Gasteiger partial charge >= 0.3 is 0 Å². The maximum atomic E-state index is 10.7. The first kappa shape index (κ1) is 12.8. The Morgan fingerprint density at radius 2 is 1.50 bits per heavy atom. The van der Waals surface area contributed by atoms with Crippen LogP contribution in [0.4, 0.5) is 0 Å². The molecule has 6 nitrogen and oxygen atoms in total. The maximum absolute atomic E-state index is 10.7. The molecule has 1 unspecified atom stereocenters. The molecule has 0 radical (unpaired) electrons. The van der Waals surface area contributed by atoms with Crippen LogP contribution in [0.15, 0.2) is 0 Å². The van der Waals surface area contributed by atoms with E-state index < -0.39 is 21.9 Å². The van der Waals surface area contributed by atoms with E-state index in [1.807, 2.05) is 20.8 Å². The highest BCUT2D eigenvalue weighted by molar-refractivity contribution is 4.79. The van der Waals surface area contributed by atoms with E-state index in [0.717, 1.165) is 0 Å². The Labute approximate surface area is 82.6 Å². The maximum Gasteiger partial charge on any atom is 0.282 e. The highest BCUT2D eigenvalue weighted by Crippen LogP contribution is 2.29. The van der Waals surface area contributed by atoms with Crippen molar-refractivity contribution in [2.24, 2.45) is 5.41 Å². The molecule has 1 atom stereocenters. The van der Waals surface area contributed by atoms with Crippen molar-refractivity contribution in [1.29, 1.82) is 0 Å². The summed E-state index contributed by atoms with van der Waals surface area (Å²) >= 11 is 0. The average Bonchev–Trinajstić information content (AvgIpc) is 1.79. The summed E-state index contributed by atoms with van der Waals surface area (Å²) in [6.07, 6.45) is 0.188. The number of hydrogen-bond donors (Lipinski definition) is 0. The van der Waals surface area contributed by atoms with Crippen LogP contribution < -0.4 is 0 Å². The van der Waals surface area contributed by atoms with E-state index in [1.54, 1.807) is 0 Å². The van der Waals surface area contributed by atoms with E-state index in [9.17, 15) is 20.2 Å². The third-order valence-corrected chi connectivity index (χ3v) is 1.82. The summed E-state index contributed by atoms with van der Waals surface area (Å²) in [6.45, 7) is 6.18. The Morgan fingerprint density at radius 3 is 1.71 bits per heavy atom. The molecule has 0 aliphatic heterocycles. The molecule has 0 spiro atoms. The van der Waals surface area contributed by atoms with Crippen molar-refractivity contribution in [1.82, 2.24) is 0 Å². The molecule has 0 aliphatic carbocycles. The first-order valence-corrected chi connectivity index (χ1v) is 4.33. The minimum Gasteiger partial charge on any atom is -0.264 e. The molecule has 0 aliphatic rings. The fourth-order valence-corrected chi connectivity index (χ4v) is 1.60. The van der Waals surface area contributed by atoms with Crippen LogP contribution in [-0.4, -0.2) is 21.9 Å². The Bertz CT molecular complexity index is 246. The van der Waals surface area contributed by atoms with Gasteiger partial charge in [-0.15, -0.1) is 0 Å². The van der Waals surface area contributed by atoms with E-state index in [-0.39, 0.29) is 11.8 Å². The van der Waals surface area contributed by atoms with Crippen molar-refractivity contribution in [3.8, 4) is 0 Å². The molecule has 0 heterocycles. The monoisotopic (exact) mass is 204 g/mol. The van der Waals surface area contributed by atoms with E-state index >= 15 is 0 Å². The van der Waals surface area contributed by atoms with Crippen LogP contribution in [0.5, 0.6) is 0 Å². The smallest absolute Gasteiger partial charge is 0.264 e. The number of hydrogen-bond acceptors (Lipinski definition) is 4. The van der Waals surface area contributed by atoms with Crippen LogP contribution in [0.1, 0.15) is 34.1 Å². The van der Waals surface area contributed by atoms with E-state index in [2.05, 4.69) is 0 Å². The van der Waals surface area contributed by atoms with Gasteiger partial charge in [-0.3, -0.25) is 20.2 Å². The first-order valence-electron chi connectivity index (χ1n) is 4.33. The van der Waals surface area contributed by atoms with Gasteiger partial charge in [0.15, 0.2) is 0 Å². The lowest BCUT2D eigenvalue weighted by Gasteiger charge is -2.25. The quantitative estimate of drug-likeness (QED) is 0.515. The number of rotatable bonds is 4. The molecule has 0 N–H and O–H groups in total. The molecule has 14 heavy (non-hydrogen) atoms. The van der Waals surface area contributed by atoms with Crippen LogP contribution in [0.3, 0.4) is 0 Å². The molecule has 0 aromatic carbocycles. The summed E-state index contributed by atoms with van der Waals surface area (Å²) in [6, 6.07) is 0. The van der Waals surface area contributed by atoms with Gasteiger partial charge in [-0.1, -0.05) is 20.8 Å². The third-order valence-electron chi connectivity index (χ3n) is 1.82. The van der Waals surface area contributed by atoms with Crippen molar-refractivity contribution in [3.05, 3.63) is 20.2 Å². The van der Waals surface area contributed by atoms with Crippen molar-refractivity contribution >= 4 is 0 Å². The van der Waals surface area contributed by atoms with E-state index in [4.69, 9.17) is 0 Å². The highest BCUT2D eigenvalue weighted by Gasteiger charge is 2.45. The largest absolute Gasteiger partial charge is 0.282 e. The van der Waals surface area contributed by atoms with Crippen molar-refractivity contribution in [2.45, 2.75) is 39.7 Å². The van der Waals surface area contributed by atoms with Crippen LogP contribution in [0, 0.1) is 25.6 Å². The summed E-state index contributed by atoms with van der Waals surface area (Å²) in [5.41, 5.74) is -1.76. The molecule has 0 saturated heterocycles. The zero-order chi connectivity index (χ0) is 11.6. The zero-order valence-corrected chi connectivity index (χ0v) is 8.94. The summed E-state index contributed by atoms with van der Waals surface area (Å²) < 4.78 is 0. The molecule has 0 aromatic heterocycles. The minimum atomic E-state index is -1.47. The van der Waals surface area contributed by atoms with Gasteiger partial charge in [-0.25, -0.2) is 0 Å². The SMILES string of the molecule is CC(C)(C)CC(C)(C[N+](=O)[O-])[N+](=O)[O-]. The van der Waals surface area contributed by atoms with Gasteiger partial charge in [0, 0.05) is 23.2 Å². The Hall–Kier alpha value is -1.20. The lowest BCUT2D eigenvalue weighted by atomic mass is 9.81. The molecule has 0 fully saturated rings. The van der Waals surface area contributed by atoms with Crippen LogP contribution in [0.2, 0.25) is 0 Å². The normalized spacial score (nSPS) is 16.0.